The van der Waals surface area contributed by atoms with Crippen molar-refractivity contribution in [2.45, 2.75) is 80.7 Å². The third-order valence-electron chi connectivity index (χ3n) is 19.6. The average molecular weight is 1500 g/mol. The van der Waals surface area contributed by atoms with E-state index in [0.29, 0.717) is 67.9 Å². The fourth-order valence-corrected chi connectivity index (χ4v) is 14.1. The lowest BCUT2D eigenvalue weighted by atomic mass is 10.1. The molecule has 0 saturated heterocycles. The second-order valence-electron chi connectivity index (χ2n) is 27.8. The molecule has 0 atom stereocenters. The minimum atomic E-state index is -0.104. The molecule has 562 valence electrons. The smallest absolute Gasteiger partial charge is 0.277 e. The number of nitrogens with zero attached hydrogens (tertiary/aromatic N) is 12. The lowest BCUT2D eigenvalue weighted by Crippen LogP contribution is -2.26. The molecule has 6 heterocycles. The molecule has 18 rings (SSSR count). The van der Waals surface area contributed by atoms with Gasteiger partial charge in [0.25, 0.3) is 27.8 Å². The number of aromatic nitrogens is 10. The highest BCUT2D eigenvalue weighted by atomic mass is 16.1. The molecule has 17 heteroatoms. The predicted molar refractivity (Wildman–Crippen MR) is 461 cm³/mol. The highest BCUT2D eigenvalue weighted by molar-refractivity contribution is 5.82. The van der Waals surface area contributed by atoms with Crippen molar-refractivity contribution in [1.29, 1.82) is 0 Å². The first kappa shape index (κ1) is 76.4. The van der Waals surface area contributed by atoms with Crippen LogP contribution in [0, 0.1) is 27.7 Å². The monoisotopic (exact) mass is 1500 g/mol. The lowest BCUT2D eigenvalue weighted by Gasteiger charge is -2.13. The molecule has 114 heavy (non-hydrogen) atoms. The summed E-state index contributed by atoms with van der Waals surface area (Å²) in [6, 6.07) is 96.1. The molecule has 17 aromatic rings. The van der Waals surface area contributed by atoms with E-state index in [1.54, 1.807) is 19.8 Å². The van der Waals surface area contributed by atoms with Gasteiger partial charge in [0.2, 0.25) is 0 Å². The second kappa shape index (κ2) is 35.1. The maximum absolute atomic E-state index is 13.3. The zero-order valence-corrected chi connectivity index (χ0v) is 64.4. The van der Waals surface area contributed by atoms with Gasteiger partial charge >= 0.3 is 0 Å². The number of rotatable bonds is 14. The van der Waals surface area contributed by atoms with Crippen molar-refractivity contribution >= 4 is 55.2 Å². The molecule has 17 nitrogen and oxygen atoms in total. The number of hydrogen-bond acceptors (Lipinski definition) is 12. The number of aryl methyl sites for hydroxylation is 6. The summed E-state index contributed by atoms with van der Waals surface area (Å²) in [5, 5.41) is 1.68. The Hall–Kier alpha value is -14.3. The molecule has 0 saturated carbocycles. The summed E-state index contributed by atoms with van der Waals surface area (Å²) in [7, 11) is 0. The quantitative estimate of drug-likeness (QED) is 0.0944. The second-order valence-corrected chi connectivity index (χ2v) is 27.8. The largest absolute Gasteiger partial charge is 0.305 e. The molecule has 0 amide bonds. The molecule has 1 aliphatic heterocycles. The molecule has 1 aliphatic rings. The van der Waals surface area contributed by atoms with E-state index in [1.807, 2.05) is 341 Å². The van der Waals surface area contributed by atoms with Crippen molar-refractivity contribution in [3.8, 4) is 56.3 Å². The molecule has 0 fully saturated rings. The van der Waals surface area contributed by atoms with E-state index < -0.39 is 0 Å². The zero-order chi connectivity index (χ0) is 79.2. The Kier molecular flexibility index (Phi) is 23.6. The number of hydrogen-bond donors (Lipinski definition) is 0. The van der Waals surface area contributed by atoms with E-state index in [0.717, 1.165) is 134 Å². The van der Waals surface area contributed by atoms with E-state index in [9.17, 15) is 24.0 Å². The molecule has 0 bridgehead atoms. The Morgan fingerprint density at radius 3 is 0.956 bits per heavy atom. The van der Waals surface area contributed by atoms with E-state index in [2.05, 4.69) is 48.4 Å². The summed E-state index contributed by atoms with van der Waals surface area (Å²) in [5.41, 5.74) is 21.5. The summed E-state index contributed by atoms with van der Waals surface area (Å²) in [4.78, 5) is 96.4. The highest BCUT2D eigenvalue weighted by Crippen LogP contribution is 2.25. The van der Waals surface area contributed by atoms with Crippen molar-refractivity contribution in [3.63, 3.8) is 0 Å². The van der Waals surface area contributed by atoms with Crippen LogP contribution < -0.4 is 38.5 Å². The predicted octanol–water partition coefficient (Wildman–Crippen LogP) is 17.5. The van der Waals surface area contributed by atoms with Gasteiger partial charge in [-0.25, -0.2) is 24.9 Å². The van der Waals surface area contributed by atoms with Gasteiger partial charge in [-0.1, -0.05) is 235 Å². The molecule has 0 unspecified atom stereocenters. The van der Waals surface area contributed by atoms with Crippen LogP contribution in [-0.4, -0.2) is 54.4 Å². The zero-order valence-electron chi connectivity index (χ0n) is 64.4. The van der Waals surface area contributed by atoms with Gasteiger partial charge < -0.3 is 22.8 Å². The van der Waals surface area contributed by atoms with E-state index in [4.69, 9.17) is 0 Å². The standard InChI is InChI=1S/C22H16N4O.C22H18N2O.C18H18N2O.C18H16N2O.C17H16N2O/c27-22-21(16-10-11-17-19(12-16)24-14-23-17)25-18-8-4-5-9-20(18)26(22)13-15-6-2-1-3-7-15;1-16-8-7-11-18(14-16)21-22(25)24(15-17-9-3-2-4-10-17)20-13-6-5-12-19(20)23-21;2*1-3-11-20-16-10-5-4-9-15(16)19-17(18(20)21)14-8-6-7-13(2)12-14;1-3-19-15-10-5-4-9-14(15)18-16(17(19)20)13-8-6-7-12(2)11-13/h1-12H,13-14H2;2-14H,15H2,1H3;4-10,12H,3,11H2,1-2H3;3-10,12H,1,11H2,2H3;4-11H,3H2,1-2H3. The van der Waals surface area contributed by atoms with Crippen LogP contribution in [0.5, 0.6) is 0 Å². The minimum Gasteiger partial charge on any atom is -0.305 e. The van der Waals surface area contributed by atoms with Crippen LogP contribution in [0.1, 0.15) is 53.6 Å². The highest BCUT2D eigenvalue weighted by Gasteiger charge is 2.19. The fraction of sp³-hybridized carbons (Fsp3) is 0.134. The maximum Gasteiger partial charge on any atom is 0.277 e. The number of allylic oxidation sites excluding steroid dienone is 1. The number of para-hydroxylation sites is 10. The van der Waals surface area contributed by atoms with Gasteiger partial charge in [-0.05, 0) is 149 Å². The van der Waals surface area contributed by atoms with Crippen LogP contribution in [0.2, 0.25) is 0 Å². The maximum atomic E-state index is 13.3. The summed E-state index contributed by atoms with van der Waals surface area (Å²) in [6.45, 7) is 19.2. The first-order valence-electron chi connectivity index (χ1n) is 38.1. The molecule has 0 spiro atoms. The summed E-state index contributed by atoms with van der Waals surface area (Å²) in [6.07, 6.45) is 2.65. The average Bonchev–Trinajstić information content (AvgIpc) is 1.06. The number of fused-ring (bicyclic) bond motifs is 6. The first-order chi connectivity index (χ1) is 55.6. The molecule has 12 aromatic carbocycles. The summed E-state index contributed by atoms with van der Waals surface area (Å²) in [5.74, 6) is 0. The van der Waals surface area contributed by atoms with Crippen molar-refractivity contribution < 1.29 is 0 Å². The van der Waals surface area contributed by atoms with Crippen molar-refractivity contribution in [1.82, 2.24) is 47.8 Å². The van der Waals surface area contributed by atoms with Gasteiger partial charge in [-0.3, -0.25) is 34.0 Å². The topological polar surface area (TPSA) is 199 Å². The Labute approximate surface area is 658 Å². The molecular formula is C97H84N12O5. The van der Waals surface area contributed by atoms with E-state index in [-0.39, 0.29) is 27.8 Å². The Morgan fingerprint density at radius 1 is 0.307 bits per heavy atom. The van der Waals surface area contributed by atoms with Crippen LogP contribution >= 0.6 is 0 Å². The first-order valence-corrected chi connectivity index (χ1v) is 38.1. The van der Waals surface area contributed by atoms with Gasteiger partial charge in [-0.15, -0.1) is 6.58 Å². The Balaban J connectivity index is 0.000000118. The summed E-state index contributed by atoms with van der Waals surface area (Å²) >= 11 is 0. The van der Waals surface area contributed by atoms with Crippen LogP contribution in [0.4, 0.5) is 0 Å². The molecule has 0 N–H and O–H groups in total. The van der Waals surface area contributed by atoms with Gasteiger partial charge in [0.1, 0.15) is 35.1 Å². The van der Waals surface area contributed by atoms with Crippen LogP contribution in [0.25, 0.3) is 111 Å². The van der Waals surface area contributed by atoms with Crippen LogP contribution in [0.15, 0.2) is 344 Å². The van der Waals surface area contributed by atoms with Crippen LogP contribution in [-0.2, 0) is 32.7 Å². The molecule has 0 aliphatic carbocycles. The normalized spacial score (nSPS) is 11.2. The molecule has 5 aromatic heterocycles. The minimum absolute atomic E-state index is 0.0128. The number of benzene rings is 12. The van der Waals surface area contributed by atoms with Crippen molar-refractivity contribution in [2.24, 2.45) is 9.98 Å². The summed E-state index contributed by atoms with van der Waals surface area (Å²) < 4.78 is 8.93. The van der Waals surface area contributed by atoms with Crippen LogP contribution in [0.3, 0.4) is 0 Å². The van der Waals surface area contributed by atoms with Gasteiger partial charge in [-0.2, -0.15) is 0 Å². The van der Waals surface area contributed by atoms with E-state index in [1.165, 1.54) is 0 Å². The third-order valence-corrected chi connectivity index (χ3v) is 19.6. The molecule has 0 radical (unpaired) electrons. The Bertz CT molecular complexity index is 6910. The van der Waals surface area contributed by atoms with Crippen molar-refractivity contribution in [3.05, 3.63) is 406 Å². The fourth-order valence-electron chi connectivity index (χ4n) is 14.1. The Morgan fingerprint density at radius 2 is 0.605 bits per heavy atom. The van der Waals surface area contributed by atoms with E-state index >= 15 is 0 Å². The lowest BCUT2D eigenvalue weighted by molar-refractivity contribution is 0.676. The molecular weight excluding hydrogens is 1410 g/mol. The van der Waals surface area contributed by atoms with Gasteiger partial charge in [0.15, 0.2) is 0 Å². The SMILES string of the molecule is C=CCn1c(=O)c(-c2cccc(C)c2)nc2ccccc21.CCCn1c(=O)c(-c2cccc(C)c2)nc2ccccc21.CCn1c(=O)c(-c2cccc(C)c2)nc2ccccc21.Cc1cccc(-c2nc3ccccc3n(Cc3ccccc3)c2=O)c1.O=c1c(-c2ccc3c(c2)=NCN=3)nc2ccccc2n1Cc1ccccc1. The third kappa shape index (κ3) is 17.0. The van der Waals surface area contributed by atoms with Gasteiger partial charge in [0.05, 0.1) is 79.0 Å². The van der Waals surface area contributed by atoms with Gasteiger partial charge in [0, 0.05) is 47.5 Å². The van der Waals surface area contributed by atoms with Crippen molar-refractivity contribution in [2.75, 3.05) is 6.67 Å².